The van der Waals surface area contributed by atoms with Crippen LogP contribution in [0.15, 0.2) is 44.4 Å². The van der Waals surface area contributed by atoms with Crippen LogP contribution in [0.2, 0.25) is 0 Å². The third-order valence-corrected chi connectivity index (χ3v) is 6.26. The van der Waals surface area contributed by atoms with Gasteiger partial charge >= 0.3 is 0 Å². The van der Waals surface area contributed by atoms with Crippen LogP contribution in [0.4, 0.5) is 0 Å². The van der Waals surface area contributed by atoms with Crippen molar-refractivity contribution in [1.82, 2.24) is 10.0 Å². The third-order valence-electron chi connectivity index (χ3n) is 3.04. The van der Waals surface area contributed by atoms with Gasteiger partial charge in [-0.15, -0.1) is 0 Å². The Labute approximate surface area is 137 Å². The molecule has 0 aliphatic carbocycles. The van der Waals surface area contributed by atoms with Gasteiger partial charge in [-0.2, -0.15) is 11.3 Å². The molecule has 1 unspecified atom stereocenters. The third kappa shape index (κ3) is 4.14. The molecule has 0 spiro atoms. The predicted molar refractivity (Wildman–Crippen MR) is 90.0 cm³/mol. The smallest absolute Gasteiger partial charge is 0.242 e. The van der Waals surface area contributed by atoms with E-state index in [1.807, 2.05) is 42.9 Å². The van der Waals surface area contributed by atoms with Crippen molar-refractivity contribution in [3.05, 3.63) is 50.6 Å². The molecular formula is C14H17BrN2O2S2. The van der Waals surface area contributed by atoms with Crippen LogP contribution < -0.4 is 10.0 Å². The first-order valence-corrected chi connectivity index (χ1v) is 9.63. The van der Waals surface area contributed by atoms with Crippen molar-refractivity contribution in [3.63, 3.8) is 0 Å². The Balaban J connectivity index is 2.23. The van der Waals surface area contributed by atoms with Crippen molar-refractivity contribution in [2.45, 2.75) is 24.4 Å². The van der Waals surface area contributed by atoms with E-state index >= 15 is 0 Å². The van der Waals surface area contributed by atoms with Crippen molar-refractivity contribution in [2.24, 2.45) is 0 Å². The molecule has 1 atom stereocenters. The molecule has 2 N–H and O–H groups in total. The maximum Gasteiger partial charge on any atom is 0.242 e. The molecule has 7 heteroatoms. The van der Waals surface area contributed by atoms with Crippen LogP contribution in [0.1, 0.15) is 24.1 Å². The Kier molecular flexibility index (Phi) is 5.56. The number of nitrogens with one attached hydrogen (secondary N) is 2. The molecule has 0 aliphatic rings. The van der Waals surface area contributed by atoms with E-state index in [1.54, 1.807) is 17.4 Å². The fourth-order valence-corrected chi connectivity index (χ4v) is 5.07. The van der Waals surface area contributed by atoms with Gasteiger partial charge in [0.15, 0.2) is 0 Å². The molecule has 114 valence electrons. The SMILES string of the molecule is CNCc1ccc(S(=O)(=O)NC(C)c2ccsc2)c(Br)c1. The number of hydrogen-bond donors (Lipinski definition) is 2. The number of hydrogen-bond acceptors (Lipinski definition) is 4. The second-order valence-corrected chi connectivity index (χ2v) is 8.01. The van der Waals surface area contributed by atoms with E-state index in [9.17, 15) is 8.42 Å². The van der Waals surface area contributed by atoms with Gasteiger partial charge in [-0.05, 0) is 70.0 Å². The van der Waals surface area contributed by atoms with Gasteiger partial charge in [0.05, 0.1) is 4.90 Å². The van der Waals surface area contributed by atoms with Gasteiger partial charge in [0.2, 0.25) is 10.0 Å². The molecule has 0 fully saturated rings. The number of thiophene rings is 1. The Morgan fingerprint density at radius 2 is 2.10 bits per heavy atom. The maximum atomic E-state index is 12.5. The quantitative estimate of drug-likeness (QED) is 0.797. The first-order chi connectivity index (χ1) is 9.94. The van der Waals surface area contributed by atoms with Crippen LogP contribution in [0.3, 0.4) is 0 Å². The molecule has 0 aliphatic heterocycles. The van der Waals surface area contributed by atoms with Crippen LogP contribution in [0.5, 0.6) is 0 Å². The number of sulfonamides is 1. The van der Waals surface area contributed by atoms with Gasteiger partial charge < -0.3 is 5.32 Å². The molecule has 0 radical (unpaired) electrons. The monoisotopic (exact) mass is 388 g/mol. The topological polar surface area (TPSA) is 58.2 Å². The summed E-state index contributed by atoms with van der Waals surface area (Å²) in [7, 11) is -1.71. The minimum absolute atomic E-state index is 0.254. The van der Waals surface area contributed by atoms with Crippen LogP contribution in [0, 0.1) is 0 Å². The highest BCUT2D eigenvalue weighted by atomic mass is 79.9. The van der Waals surface area contributed by atoms with Crippen molar-refractivity contribution < 1.29 is 8.42 Å². The van der Waals surface area contributed by atoms with Gasteiger partial charge in [0.1, 0.15) is 0 Å². The highest BCUT2D eigenvalue weighted by molar-refractivity contribution is 9.10. The van der Waals surface area contributed by atoms with Gasteiger partial charge in [-0.1, -0.05) is 6.07 Å². The lowest BCUT2D eigenvalue weighted by atomic mass is 10.2. The summed E-state index contributed by atoms with van der Waals surface area (Å²) in [5.41, 5.74) is 1.99. The van der Waals surface area contributed by atoms with E-state index in [0.717, 1.165) is 11.1 Å². The second-order valence-electron chi connectivity index (χ2n) is 4.69. The summed E-state index contributed by atoms with van der Waals surface area (Å²) < 4.78 is 28.2. The Hall–Kier alpha value is -0.730. The van der Waals surface area contributed by atoms with E-state index in [1.165, 1.54) is 0 Å². The van der Waals surface area contributed by atoms with Crippen molar-refractivity contribution in [1.29, 1.82) is 0 Å². The largest absolute Gasteiger partial charge is 0.316 e. The van der Waals surface area contributed by atoms with Gasteiger partial charge in [0.25, 0.3) is 0 Å². The lowest BCUT2D eigenvalue weighted by Crippen LogP contribution is -2.27. The molecule has 2 aromatic rings. The van der Waals surface area contributed by atoms with Gasteiger partial charge in [0, 0.05) is 17.1 Å². The molecule has 0 amide bonds. The molecule has 0 bridgehead atoms. The summed E-state index contributed by atoms with van der Waals surface area (Å²) >= 11 is 4.90. The molecular weight excluding hydrogens is 372 g/mol. The highest BCUT2D eigenvalue weighted by Crippen LogP contribution is 2.25. The first-order valence-electron chi connectivity index (χ1n) is 6.41. The highest BCUT2D eigenvalue weighted by Gasteiger charge is 2.21. The fraction of sp³-hybridized carbons (Fsp3) is 0.286. The summed E-state index contributed by atoms with van der Waals surface area (Å²) in [6.07, 6.45) is 0. The van der Waals surface area contributed by atoms with E-state index in [2.05, 4.69) is 26.0 Å². The molecule has 1 aromatic carbocycles. The molecule has 2 rings (SSSR count). The molecule has 1 heterocycles. The Morgan fingerprint density at radius 3 is 2.67 bits per heavy atom. The molecule has 0 saturated carbocycles. The summed E-state index contributed by atoms with van der Waals surface area (Å²) in [4.78, 5) is 0.254. The van der Waals surface area contributed by atoms with Crippen LogP contribution >= 0.6 is 27.3 Å². The van der Waals surface area contributed by atoms with Crippen molar-refractivity contribution >= 4 is 37.3 Å². The fourth-order valence-electron chi connectivity index (χ4n) is 1.96. The lowest BCUT2D eigenvalue weighted by molar-refractivity contribution is 0.566. The van der Waals surface area contributed by atoms with Crippen LogP contribution in [0.25, 0.3) is 0 Å². The zero-order chi connectivity index (χ0) is 15.5. The van der Waals surface area contributed by atoms with Gasteiger partial charge in [-0.25, -0.2) is 13.1 Å². The first kappa shape index (κ1) is 16.6. The van der Waals surface area contributed by atoms with E-state index in [-0.39, 0.29) is 10.9 Å². The Morgan fingerprint density at radius 1 is 1.33 bits per heavy atom. The minimum Gasteiger partial charge on any atom is -0.316 e. The summed E-state index contributed by atoms with van der Waals surface area (Å²) in [6.45, 7) is 2.53. The maximum absolute atomic E-state index is 12.5. The van der Waals surface area contributed by atoms with Crippen molar-refractivity contribution in [2.75, 3.05) is 7.05 Å². The van der Waals surface area contributed by atoms with Gasteiger partial charge in [-0.3, -0.25) is 0 Å². The molecule has 1 aromatic heterocycles. The summed E-state index contributed by atoms with van der Waals surface area (Å²) in [5.74, 6) is 0. The zero-order valence-corrected chi connectivity index (χ0v) is 15.0. The second kappa shape index (κ2) is 7.02. The normalized spacial score (nSPS) is 13.3. The van der Waals surface area contributed by atoms with E-state index in [4.69, 9.17) is 0 Å². The molecule has 0 saturated heterocycles. The van der Waals surface area contributed by atoms with Crippen LogP contribution in [-0.2, 0) is 16.6 Å². The Bertz CT molecular complexity index is 700. The van der Waals surface area contributed by atoms with Crippen LogP contribution in [-0.4, -0.2) is 15.5 Å². The number of halogens is 1. The number of rotatable bonds is 6. The summed E-state index contributed by atoms with van der Waals surface area (Å²) in [6, 6.07) is 6.92. The molecule has 4 nitrogen and oxygen atoms in total. The predicted octanol–water partition coefficient (Wildman–Crippen LogP) is 3.27. The van der Waals surface area contributed by atoms with Crippen molar-refractivity contribution in [3.8, 4) is 0 Å². The zero-order valence-electron chi connectivity index (χ0n) is 11.8. The minimum atomic E-state index is -3.56. The average Bonchev–Trinajstić information content (AvgIpc) is 2.92. The average molecular weight is 389 g/mol. The molecule has 21 heavy (non-hydrogen) atoms. The summed E-state index contributed by atoms with van der Waals surface area (Å²) in [5, 5.41) is 6.91. The lowest BCUT2D eigenvalue weighted by Gasteiger charge is -2.14. The number of benzene rings is 1. The van der Waals surface area contributed by atoms with E-state index < -0.39 is 10.0 Å². The van der Waals surface area contributed by atoms with E-state index in [0.29, 0.717) is 11.0 Å². The standard InChI is InChI=1S/C14H17BrN2O2S2/c1-10(12-5-6-20-9-12)17-21(18,19)14-4-3-11(8-16-2)7-13(14)15/h3-7,9-10,16-17H,8H2,1-2H3.